The zero-order valence-corrected chi connectivity index (χ0v) is 8.53. The second-order valence-electron chi connectivity index (χ2n) is 3.23. The molecule has 72 valence electrons. The molecule has 0 N–H and O–H groups in total. The van der Waals surface area contributed by atoms with Crippen LogP contribution in [0.3, 0.4) is 0 Å². The summed E-state index contributed by atoms with van der Waals surface area (Å²) in [4.78, 5) is 14.6. The molecular formula is C7H9NO3S2. The maximum absolute atomic E-state index is 11.1. The van der Waals surface area contributed by atoms with Crippen molar-refractivity contribution in [2.75, 3.05) is 17.3 Å². The molecule has 0 aromatic rings. The fourth-order valence-electron chi connectivity index (χ4n) is 1.52. The molecule has 1 unspecified atom stereocenters. The molecule has 0 bridgehead atoms. The molecule has 0 saturated carbocycles. The first-order valence-corrected chi connectivity index (χ1v) is 6.82. The van der Waals surface area contributed by atoms with Crippen LogP contribution in [0.5, 0.6) is 0 Å². The summed E-state index contributed by atoms with van der Waals surface area (Å²) in [5.74, 6) is 0.648. The second kappa shape index (κ2) is 3.09. The molecule has 2 heterocycles. The molecule has 1 fully saturated rings. The summed E-state index contributed by atoms with van der Waals surface area (Å²) in [6.07, 6.45) is 0.626. The second-order valence-corrected chi connectivity index (χ2v) is 6.46. The number of rotatable bonds is 1. The van der Waals surface area contributed by atoms with Gasteiger partial charge >= 0.3 is 0 Å². The maximum Gasteiger partial charge on any atom is 0.256 e. The highest BCUT2D eigenvalue weighted by molar-refractivity contribution is 8.15. The van der Waals surface area contributed by atoms with Crippen LogP contribution < -0.4 is 0 Å². The zero-order chi connectivity index (χ0) is 9.47. The SMILES string of the molecule is O=C1CSC(C2CCS(=O)(=O)C2)=N1. The van der Waals surface area contributed by atoms with E-state index in [9.17, 15) is 13.2 Å². The largest absolute Gasteiger partial charge is 0.272 e. The van der Waals surface area contributed by atoms with Gasteiger partial charge in [-0.2, -0.15) is 0 Å². The highest BCUT2D eigenvalue weighted by Crippen LogP contribution is 2.28. The number of aliphatic imine (C=N–C) groups is 1. The lowest BCUT2D eigenvalue weighted by atomic mass is 10.1. The lowest BCUT2D eigenvalue weighted by molar-refractivity contribution is -0.115. The van der Waals surface area contributed by atoms with Crippen molar-refractivity contribution in [1.29, 1.82) is 0 Å². The van der Waals surface area contributed by atoms with Crippen molar-refractivity contribution in [2.45, 2.75) is 6.42 Å². The number of hydrogen-bond acceptors (Lipinski definition) is 4. The van der Waals surface area contributed by atoms with Gasteiger partial charge in [0.1, 0.15) is 0 Å². The third-order valence-electron chi connectivity index (χ3n) is 2.16. The van der Waals surface area contributed by atoms with Gasteiger partial charge in [-0.3, -0.25) is 4.79 Å². The lowest BCUT2D eigenvalue weighted by Gasteiger charge is -2.03. The summed E-state index contributed by atoms with van der Waals surface area (Å²) in [7, 11) is -2.86. The Morgan fingerprint density at radius 1 is 1.46 bits per heavy atom. The van der Waals surface area contributed by atoms with E-state index in [1.165, 1.54) is 11.8 Å². The van der Waals surface area contributed by atoms with Crippen LogP contribution in [0.4, 0.5) is 0 Å². The van der Waals surface area contributed by atoms with Crippen molar-refractivity contribution in [3.05, 3.63) is 0 Å². The average Bonchev–Trinajstić information content (AvgIpc) is 2.56. The Morgan fingerprint density at radius 2 is 2.23 bits per heavy atom. The Bertz CT molecular complexity index is 371. The van der Waals surface area contributed by atoms with Crippen LogP contribution in [-0.2, 0) is 14.6 Å². The summed E-state index contributed by atoms with van der Waals surface area (Å²) in [5, 5.41) is 0.728. The minimum absolute atomic E-state index is 0.0125. The number of sulfone groups is 1. The number of hydrogen-bond donors (Lipinski definition) is 0. The smallest absolute Gasteiger partial charge is 0.256 e. The molecular weight excluding hydrogens is 210 g/mol. The van der Waals surface area contributed by atoms with E-state index in [1.807, 2.05) is 0 Å². The molecule has 4 nitrogen and oxygen atoms in total. The summed E-state index contributed by atoms with van der Waals surface area (Å²) in [6.45, 7) is 0. The van der Waals surface area contributed by atoms with Crippen molar-refractivity contribution < 1.29 is 13.2 Å². The third-order valence-corrected chi connectivity index (χ3v) is 5.04. The number of carbonyl (C=O) groups excluding carboxylic acids is 1. The minimum atomic E-state index is -2.86. The number of thioether (sulfide) groups is 1. The van der Waals surface area contributed by atoms with Crippen LogP contribution in [0.15, 0.2) is 4.99 Å². The van der Waals surface area contributed by atoms with Crippen LogP contribution in [-0.4, -0.2) is 36.6 Å². The van der Waals surface area contributed by atoms with E-state index in [0.717, 1.165) is 5.04 Å². The molecule has 6 heteroatoms. The van der Waals surface area contributed by atoms with Crippen LogP contribution >= 0.6 is 11.8 Å². The van der Waals surface area contributed by atoms with Crippen molar-refractivity contribution in [1.82, 2.24) is 0 Å². The Kier molecular flexibility index (Phi) is 2.19. The van der Waals surface area contributed by atoms with Crippen LogP contribution in [0, 0.1) is 5.92 Å². The first kappa shape index (κ1) is 9.21. The Morgan fingerprint density at radius 3 is 2.69 bits per heavy atom. The third kappa shape index (κ3) is 1.94. The Labute approximate surface area is 80.7 Å². The highest BCUT2D eigenvalue weighted by Gasteiger charge is 2.33. The standard InChI is InChI=1S/C7H9NO3S2/c9-6-3-12-7(8-6)5-1-2-13(10,11)4-5/h5H,1-4H2. The number of amides is 1. The van der Waals surface area contributed by atoms with Gasteiger partial charge in [-0.25, -0.2) is 13.4 Å². The predicted molar refractivity (Wildman–Crippen MR) is 51.7 cm³/mol. The van der Waals surface area contributed by atoms with E-state index in [0.29, 0.717) is 12.2 Å². The van der Waals surface area contributed by atoms with E-state index in [1.54, 1.807) is 0 Å². The fraction of sp³-hybridized carbons (Fsp3) is 0.714. The van der Waals surface area contributed by atoms with E-state index in [2.05, 4.69) is 4.99 Å². The van der Waals surface area contributed by atoms with E-state index in [4.69, 9.17) is 0 Å². The molecule has 0 radical (unpaired) electrons. The zero-order valence-electron chi connectivity index (χ0n) is 6.89. The van der Waals surface area contributed by atoms with Crippen molar-refractivity contribution in [3.8, 4) is 0 Å². The van der Waals surface area contributed by atoms with Gasteiger partial charge in [-0.1, -0.05) is 0 Å². The van der Waals surface area contributed by atoms with Crippen molar-refractivity contribution in [3.63, 3.8) is 0 Å². The van der Waals surface area contributed by atoms with Gasteiger partial charge in [-0.05, 0) is 6.42 Å². The molecule has 1 amide bonds. The van der Waals surface area contributed by atoms with Gasteiger partial charge in [0, 0.05) is 5.92 Å². The summed E-state index contributed by atoms with van der Waals surface area (Å²) < 4.78 is 22.3. The summed E-state index contributed by atoms with van der Waals surface area (Å²) in [6, 6.07) is 0. The molecule has 0 spiro atoms. The Balaban J connectivity index is 2.13. The maximum atomic E-state index is 11.1. The quantitative estimate of drug-likeness (QED) is 0.627. The van der Waals surface area contributed by atoms with Crippen molar-refractivity contribution >= 4 is 32.6 Å². The molecule has 13 heavy (non-hydrogen) atoms. The molecule has 2 aliphatic rings. The topological polar surface area (TPSA) is 63.6 Å². The van der Waals surface area contributed by atoms with Gasteiger partial charge in [-0.15, -0.1) is 11.8 Å². The normalized spacial score (nSPS) is 32.2. The first-order chi connectivity index (χ1) is 6.07. The molecule has 0 aromatic carbocycles. The van der Waals surface area contributed by atoms with Gasteiger partial charge < -0.3 is 0 Å². The van der Waals surface area contributed by atoms with Gasteiger partial charge in [0.25, 0.3) is 5.91 Å². The molecule has 2 rings (SSSR count). The molecule has 0 aliphatic carbocycles. The van der Waals surface area contributed by atoms with Crippen LogP contribution in [0.1, 0.15) is 6.42 Å². The number of nitrogens with zero attached hydrogens (tertiary/aromatic N) is 1. The fourth-order valence-corrected chi connectivity index (χ4v) is 4.31. The van der Waals surface area contributed by atoms with Crippen LogP contribution in [0.2, 0.25) is 0 Å². The molecule has 0 aromatic heterocycles. The monoisotopic (exact) mass is 219 g/mol. The van der Waals surface area contributed by atoms with Gasteiger partial charge in [0.05, 0.1) is 22.3 Å². The van der Waals surface area contributed by atoms with E-state index >= 15 is 0 Å². The first-order valence-electron chi connectivity index (χ1n) is 4.01. The number of carbonyl (C=O) groups is 1. The molecule has 2 aliphatic heterocycles. The van der Waals surface area contributed by atoms with Crippen molar-refractivity contribution in [2.24, 2.45) is 10.9 Å². The summed E-state index contributed by atoms with van der Waals surface area (Å²) in [5.41, 5.74) is 0. The lowest BCUT2D eigenvalue weighted by Crippen LogP contribution is -2.11. The van der Waals surface area contributed by atoms with Gasteiger partial charge in [0.15, 0.2) is 9.84 Å². The minimum Gasteiger partial charge on any atom is -0.272 e. The van der Waals surface area contributed by atoms with Crippen LogP contribution in [0.25, 0.3) is 0 Å². The average molecular weight is 219 g/mol. The van der Waals surface area contributed by atoms with Gasteiger partial charge in [0.2, 0.25) is 0 Å². The summed E-state index contributed by atoms with van der Waals surface area (Å²) >= 11 is 1.38. The predicted octanol–water partition coefficient (Wildman–Crippen LogP) is 0.0930. The molecule has 1 saturated heterocycles. The van der Waals surface area contributed by atoms with E-state index in [-0.39, 0.29) is 23.3 Å². The molecule has 1 atom stereocenters. The van der Waals surface area contributed by atoms with E-state index < -0.39 is 9.84 Å². The highest BCUT2D eigenvalue weighted by atomic mass is 32.2. The Hall–Kier alpha value is -0.360.